The zero-order chi connectivity index (χ0) is 22.0. The monoisotopic (exact) mass is 420 g/mol. The summed E-state index contributed by atoms with van der Waals surface area (Å²) in [6, 6.07) is 18.5. The molecule has 1 fully saturated rings. The van der Waals surface area contributed by atoms with Gasteiger partial charge in [-0.15, -0.1) is 0 Å². The highest BCUT2D eigenvalue weighted by Crippen LogP contribution is 2.42. The van der Waals surface area contributed by atoms with Crippen molar-refractivity contribution in [1.29, 1.82) is 0 Å². The number of carbonyl (C=O) groups is 2. The van der Waals surface area contributed by atoms with E-state index in [1.807, 2.05) is 65.6 Å². The smallest absolute Gasteiger partial charge is 0.377 e. The summed E-state index contributed by atoms with van der Waals surface area (Å²) in [6.07, 6.45) is 0.961. The van der Waals surface area contributed by atoms with Gasteiger partial charge in [0.05, 0.1) is 18.4 Å². The molecule has 6 nitrogen and oxygen atoms in total. The van der Waals surface area contributed by atoms with Crippen LogP contribution in [0.5, 0.6) is 0 Å². The first-order chi connectivity index (χ1) is 15.0. The average Bonchev–Trinajstić information content (AvgIpc) is 3.01. The third kappa shape index (κ3) is 4.07. The first kappa shape index (κ1) is 21.1. The molecule has 0 unspecified atom stereocenters. The molecule has 1 amide bonds. The lowest BCUT2D eigenvalue weighted by Gasteiger charge is -2.34. The summed E-state index contributed by atoms with van der Waals surface area (Å²) in [5.41, 5.74) is 2.61. The van der Waals surface area contributed by atoms with Crippen LogP contribution in [0, 0.1) is 17.0 Å². The van der Waals surface area contributed by atoms with E-state index < -0.39 is 23.8 Å². The fourth-order valence-corrected chi connectivity index (χ4v) is 5.03. The summed E-state index contributed by atoms with van der Waals surface area (Å²) in [7, 11) is 0. The maximum absolute atomic E-state index is 13.6. The van der Waals surface area contributed by atoms with Gasteiger partial charge in [-0.1, -0.05) is 60.7 Å². The van der Waals surface area contributed by atoms with Crippen LogP contribution in [-0.2, 0) is 27.3 Å². The molecule has 31 heavy (non-hydrogen) atoms. The first-order valence-electron chi connectivity index (χ1n) is 10.8. The lowest BCUT2D eigenvalue weighted by molar-refractivity contribution is -0.508. The van der Waals surface area contributed by atoms with Gasteiger partial charge in [0, 0.05) is 25.9 Å². The van der Waals surface area contributed by atoms with Crippen molar-refractivity contribution in [3.8, 4) is 0 Å². The Labute approximate surface area is 182 Å². The quantitative estimate of drug-likeness (QED) is 0.409. The van der Waals surface area contributed by atoms with Crippen LogP contribution in [0.1, 0.15) is 31.4 Å². The van der Waals surface area contributed by atoms with Gasteiger partial charge in [0.15, 0.2) is 5.71 Å². The number of carbonyl (C=O) groups excluding carboxylic acids is 2. The van der Waals surface area contributed by atoms with Crippen LogP contribution in [0.2, 0.25) is 0 Å². The molecule has 2 aromatic rings. The van der Waals surface area contributed by atoms with Crippen LogP contribution >= 0.6 is 0 Å². The molecule has 162 valence electrons. The number of hydroxylamine groups is 1. The molecule has 0 aromatic heterocycles. The predicted octanol–water partition coefficient (Wildman–Crippen LogP) is 3.18. The van der Waals surface area contributed by atoms with Crippen molar-refractivity contribution in [1.82, 2.24) is 4.90 Å². The molecule has 0 spiro atoms. The minimum absolute atomic E-state index is 0.0107. The van der Waals surface area contributed by atoms with E-state index in [4.69, 9.17) is 4.74 Å². The Kier molecular flexibility index (Phi) is 6.07. The number of nitrogens with zero attached hydrogens (tertiary/aromatic N) is 2. The van der Waals surface area contributed by atoms with E-state index in [1.54, 1.807) is 13.8 Å². The fourth-order valence-electron chi connectivity index (χ4n) is 5.03. The number of benzene rings is 2. The van der Waals surface area contributed by atoms with Crippen molar-refractivity contribution in [2.24, 2.45) is 11.8 Å². The number of ether oxygens (including phenoxy) is 1. The average molecular weight is 421 g/mol. The maximum atomic E-state index is 13.6. The molecular formula is C25H28N2O4. The molecule has 2 aromatic carbocycles. The fraction of sp³-hybridized carbons (Fsp3) is 0.400. The largest absolute Gasteiger partial charge is 0.623 e. The summed E-state index contributed by atoms with van der Waals surface area (Å²) in [6.45, 7) is 4.09. The van der Waals surface area contributed by atoms with Gasteiger partial charge in [-0.05, 0) is 24.5 Å². The topological polar surface area (TPSA) is 72.7 Å². The summed E-state index contributed by atoms with van der Waals surface area (Å²) >= 11 is 0. The molecule has 6 heteroatoms. The molecule has 4 atom stereocenters. The molecule has 0 bridgehead atoms. The highest BCUT2D eigenvalue weighted by molar-refractivity contribution is 5.91. The highest BCUT2D eigenvalue weighted by atomic mass is 16.5. The third-order valence-corrected chi connectivity index (χ3v) is 6.43. The Hall–Kier alpha value is -3.15. The second kappa shape index (κ2) is 8.92. The van der Waals surface area contributed by atoms with Crippen LogP contribution in [0.3, 0.4) is 0 Å². The summed E-state index contributed by atoms with van der Waals surface area (Å²) in [5, 5.41) is 13.0. The molecule has 2 aliphatic rings. The van der Waals surface area contributed by atoms with Gasteiger partial charge in [-0.25, -0.2) is 4.79 Å². The molecule has 2 heterocycles. The molecule has 0 saturated carbocycles. The SMILES string of the molecule is CCOC(=O)[C@H]1[C@H]2[C@H](CC(C)=[N+]1[O-])C(=O)N(Cc1ccccc1)[C@H]2Cc1ccccc1. The van der Waals surface area contributed by atoms with Crippen molar-refractivity contribution < 1.29 is 19.1 Å². The molecule has 0 aliphatic carbocycles. The molecular weight excluding hydrogens is 392 g/mol. The lowest BCUT2D eigenvalue weighted by atomic mass is 9.77. The van der Waals surface area contributed by atoms with Crippen molar-refractivity contribution in [2.75, 3.05) is 6.61 Å². The standard InChI is InChI=1S/C25H28N2O4/c1-3-31-25(29)23-22-20(14-17(2)27(23)30)24(28)26(16-19-12-8-5-9-13-19)21(22)15-18-10-6-4-7-11-18/h4-13,20-23H,3,14-16H2,1-2H3/t20-,21-,22-,23+/m0/s1. The van der Waals surface area contributed by atoms with Gasteiger partial charge in [-0.3, -0.25) is 4.79 Å². The van der Waals surface area contributed by atoms with E-state index in [9.17, 15) is 14.8 Å². The van der Waals surface area contributed by atoms with E-state index in [0.717, 1.165) is 15.9 Å². The van der Waals surface area contributed by atoms with Crippen molar-refractivity contribution in [3.63, 3.8) is 0 Å². The number of fused-ring (bicyclic) bond motifs is 1. The van der Waals surface area contributed by atoms with E-state index in [1.165, 1.54) is 0 Å². The Bertz CT molecular complexity index is 974. The van der Waals surface area contributed by atoms with Crippen molar-refractivity contribution in [2.45, 2.75) is 45.3 Å². The van der Waals surface area contributed by atoms with E-state index in [0.29, 0.717) is 25.1 Å². The maximum Gasteiger partial charge on any atom is 0.377 e. The Morgan fingerprint density at radius 1 is 1.10 bits per heavy atom. The first-order valence-corrected chi connectivity index (χ1v) is 10.8. The van der Waals surface area contributed by atoms with Gasteiger partial charge in [-0.2, -0.15) is 4.74 Å². The van der Waals surface area contributed by atoms with Crippen LogP contribution in [0.4, 0.5) is 0 Å². The minimum Gasteiger partial charge on any atom is -0.623 e. The Morgan fingerprint density at radius 2 is 1.71 bits per heavy atom. The van der Waals surface area contributed by atoms with Gasteiger partial charge in [0.1, 0.15) is 0 Å². The summed E-state index contributed by atoms with van der Waals surface area (Å²) < 4.78 is 6.06. The molecule has 0 radical (unpaired) electrons. The highest BCUT2D eigenvalue weighted by Gasteiger charge is 2.59. The van der Waals surface area contributed by atoms with Crippen LogP contribution in [0.15, 0.2) is 60.7 Å². The molecule has 2 aliphatic heterocycles. The number of esters is 1. The minimum atomic E-state index is -1.00. The normalized spacial score (nSPS) is 25.5. The van der Waals surface area contributed by atoms with Gasteiger partial charge in [0.25, 0.3) is 6.04 Å². The predicted molar refractivity (Wildman–Crippen MR) is 117 cm³/mol. The van der Waals surface area contributed by atoms with Crippen LogP contribution in [-0.4, -0.2) is 45.9 Å². The van der Waals surface area contributed by atoms with Crippen LogP contribution < -0.4 is 0 Å². The van der Waals surface area contributed by atoms with Gasteiger partial charge in [0.2, 0.25) is 5.91 Å². The van der Waals surface area contributed by atoms with Gasteiger partial charge >= 0.3 is 5.97 Å². The van der Waals surface area contributed by atoms with E-state index in [-0.39, 0.29) is 18.6 Å². The van der Waals surface area contributed by atoms with Crippen molar-refractivity contribution >= 4 is 17.6 Å². The van der Waals surface area contributed by atoms with E-state index in [2.05, 4.69) is 0 Å². The third-order valence-electron chi connectivity index (χ3n) is 6.43. The zero-order valence-corrected chi connectivity index (χ0v) is 17.9. The van der Waals surface area contributed by atoms with Gasteiger partial charge < -0.3 is 14.8 Å². The number of likely N-dealkylation sites (tertiary alicyclic amines) is 1. The summed E-state index contributed by atoms with van der Waals surface area (Å²) in [4.78, 5) is 28.3. The molecule has 4 rings (SSSR count). The zero-order valence-electron chi connectivity index (χ0n) is 17.9. The van der Waals surface area contributed by atoms with E-state index >= 15 is 0 Å². The number of hydrogen-bond acceptors (Lipinski definition) is 4. The second-order valence-electron chi connectivity index (χ2n) is 8.35. The Balaban J connectivity index is 1.75. The van der Waals surface area contributed by atoms with Crippen LogP contribution in [0.25, 0.3) is 0 Å². The number of hydrogen-bond donors (Lipinski definition) is 0. The Morgan fingerprint density at radius 3 is 2.32 bits per heavy atom. The number of amides is 1. The summed E-state index contributed by atoms with van der Waals surface area (Å²) in [5.74, 6) is -1.34. The lowest BCUT2D eigenvalue weighted by Crippen LogP contribution is -2.51. The number of rotatable bonds is 6. The molecule has 0 N–H and O–H groups in total. The second-order valence-corrected chi connectivity index (χ2v) is 8.35. The molecule has 1 saturated heterocycles. The van der Waals surface area contributed by atoms with Crippen molar-refractivity contribution in [3.05, 3.63) is 77.0 Å².